The molecule has 6 heteroatoms. The molecule has 0 amide bonds. The Morgan fingerprint density at radius 3 is 2.24 bits per heavy atom. The Morgan fingerprint density at radius 2 is 1.64 bits per heavy atom. The van der Waals surface area contributed by atoms with Crippen LogP contribution in [0.3, 0.4) is 0 Å². The SMILES string of the molecule is CC(CNSC(C)C)Oc1ccc(-c2ccccc2C(F)(F)F)cc1. The third-order valence-electron chi connectivity index (χ3n) is 3.42. The van der Waals surface area contributed by atoms with Crippen LogP contribution >= 0.6 is 11.9 Å². The molecule has 25 heavy (non-hydrogen) atoms. The smallest absolute Gasteiger partial charge is 0.417 e. The second-order valence-electron chi connectivity index (χ2n) is 6.01. The number of rotatable bonds is 7. The first-order valence-corrected chi connectivity index (χ1v) is 8.97. The van der Waals surface area contributed by atoms with Crippen molar-refractivity contribution in [1.82, 2.24) is 4.72 Å². The van der Waals surface area contributed by atoms with E-state index in [-0.39, 0.29) is 11.7 Å². The fraction of sp³-hybridized carbons (Fsp3) is 0.368. The molecule has 0 aromatic heterocycles. The van der Waals surface area contributed by atoms with Crippen molar-refractivity contribution in [2.45, 2.75) is 38.3 Å². The topological polar surface area (TPSA) is 21.3 Å². The highest BCUT2D eigenvalue weighted by Gasteiger charge is 2.33. The Bertz CT molecular complexity index is 671. The molecular weight excluding hydrogens is 347 g/mol. The highest BCUT2D eigenvalue weighted by Crippen LogP contribution is 2.37. The van der Waals surface area contributed by atoms with Crippen LogP contribution in [0.25, 0.3) is 11.1 Å². The molecule has 1 atom stereocenters. The molecule has 0 aliphatic carbocycles. The Labute approximate surface area is 150 Å². The zero-order chi connectivity index (χ0) is 18.4. The third kappa shape index (κ3) is 5.97. The molecule has 1 N–H and O–H groups in total. The van der Waals surface area contributed by atoms with Gasteiger partial charge >= 0.3 is 6.18 Å². The van der Waals surface area contributed by atoms with Crippen LogP contribution in [-0.2, 0) is 6.18 Å². The van der Waals surface area contributed by atoms with Gasteiger partial charge in [0, 0.05) is 11.8 Å². The highest BCUT2D eigenvalue weighted by atomic mass is 32.2. The van der Waals surface area contributed by atoms with E-state index < -0.39 is 11.7 Å². The van der Waals surface area contributed by atoms with Gasteiger partial charge in [0.2, 0.25) is 0 Å². The highest BCUT2D eigenvalue weighted by molar-refractivity contribution is 7.97. The number of benzene rings is 2. The zero-order valence-electron chi connectivity index (χ0n) is 14.4. The van der Waals surface area contributed by atoms with Crippen LogP contribution < -0.4 is 9.46 Å². The maximum Gasteiger partial charge on any atom is 0.417 e. The molecular formula is C19H22F3NOS. The first-order chi connectivity index (χ1) is 11.8. The van der Waals surface area contributed by atoms with Gasteiger partial charge in [0.15, 0.2) is 0 Å². The predicted molar refractivity (Wildman–Crippen MR) is 97.7 cm³/mol. The van der Waals surface area contributed by atoms with Gasteiger partial charge in [-0.15, -0.1) is 0 Å². The summed E-state index contributed by atoms with van der Waals surface area (Å²) in [7, 11) is 0. The molecule has 0 saturated heterocycles. The number of ether oxygens (including phenoxy) is 1. The molecule has 0 aliphatic rings. The van der Waals surface area contributed by atoms with Crippen LogP contribution in [0.5, 0.6) is 5.75 Å². The van der Waals surface area contributed by atoms with E-state index in [0.717, 1.165) is 6.07 Å². The van der Waals surface area contributed by atoms with E-state index in [2.05, 4.69) is 18.6 Å². The molecule has 0 bridgehead atoms. The van der Waals surface area contributed by atoms with Gasteiger partial charge in [0.1, 0.15) is 11.9 Å². The minimum atomic E-state index is -4.37. The van der Waals surface area contributed by atoms with E-state index in [0.29, 0.717) is 23.1 Å². The van der Waals surface area contributed by atoms with E-state index in [1.807, 2.05) is 6.92 Å². The maximum atomic E-state index is 13.1. The van der Waals surface area contributed by atoms with Gasteiger partial charge in [-0.3, -0.25) is 4.72 Å². The van der Waals surface area contributed by atoms with Crippen LogP contribution in [0.2, 0.25) is 0 Å². The predicted octanol–water partition coefficient (Wildman–Crippen LogP) is 5.79. The molecule has 1 unspecified atom stereocenters. The van der Waals surface area contributed by atoms with Gasteiger partial charge in [0.25, 0.3) is 0 Å². The van der Waals surface area contributed by atoms with E-state index >= 15 is 0 Å². The lowest BCUT2D eigenvalue weighted by Gasteiger charge is -2.17. The molecule has 0 saturated carbocycles. The fourth-order valence-corrected chi connectivity index (χ4v) is 2.97. The number of nitrogens with one attached hydrogen (secondary N) is 1. The molecule has 2 aromatic rings. The number of hydrogen-bond acceptors (Lipinski definition) is 3. The number of halogens is 3. The van der Waals surface area contributed by atoms with Gasteiger partial charge in [-0.05, 0) is 36.2 Å². The van der Waals surface area contributed by atoms with Crippen LogP contribution in [0.15, 0.2) is 48.5 Å². The van der Waals surface area contributed by atoms with Gasteiger partial charge in [-0.1, -0.05) is 56.1 Å². The Hall–Kier alpha value is -1.66. The summed E-state index contributed by atoms with van der Waals surface area (Å²) >= 11 is 1.64. The van der Waals surface area contributed by atoms with Crippen molar-refractivity contribution in [2.75, 3.05) is 6.54 Å². The lowest BCUT2D eigenvalue weighted by atomic mass is 9.99. The quantitative estimate of drug-likeness (QED) is 0.625. The molecule has 0 radical (unpaired) electrons. The van der Waals surface area contributed by atoms with E-state index in [1.54, 1.807) is 42.3 Å². The van der Waals surface area contributed by atoms with Crippen LogP contribution in [-0.4, -0.2) is 17.9 Å². The summed E-state index contributed by atoms with van der Waals surface area (Å²) in [6, 6.07) is 12.3. The third-order valence-corrected chi connectivity index (χ3v) is 4.23. The molecule has 2 rings (SSSR count). The van der Waals surface area contributed by atoms with Crippen molar-refractivity contribution >= 4 is 11.9 Å². The minimum Gasteiger partial charge on any atom is -0.489 e. The summed E-state index contributed by atoms with van der Waals surface area (Å²) in [6.45, 7) is 6.82. The van der Waals surface area contributed by atoms with Crippen molar-refractivity contribution in [3.63, 3.8) is 0 Å². The average molecular weight is 369 g/mol. The second kappa shape index (κ2) is 8.63. The lowest BCUT2D eigenvalue weighted by molar-refractivity contribution is -0.137. The zero-order valence-corrected chi connectivity index (χ0v) is 15.2. The second-order valence-corrected chi connectivity index (χ2v) is 7.48. The summed E-state index contributed by atoms with van der Waals surface area (Å²) in [4.78, 5) is 0. The van der Waals surface area contributed by atoms with Gasteiger partial charge in [-0.2, -0.15) is 13.2 Å². The van der Waals surface area contributed by atoms with Crippen molar-refractivity contribution in [3.8, 4) is 16.9 Å². The number of hydrogen-bond donors (Lipinski definition) is 1. The van der Waals surface area contributed by atoms with Crippen molar-refractivity contribution in [3.05, 3.63) is 54.1 Å². The Morgan fingerprint density at radius 1 is 1.00 bits per heavy atom. The van der Waals surface area contributed by atoms with Crippen molar-refractivity contribution < 1.29 is 17.9 Å². The average Bonchev–Trinajstić information content (AvgIpc) is 2.54. The lowest BCUT2D eigenvalue weighted by Crippen LogP contribution is -2.25. The number of alkyl halides is 3. The van der Waals surface area contributed by atoms with Gasteiger partial charge < -0.3 is 4.74 Å². The van der Waals surface area contributed by atoms with Gasteiger partial charge in [-0.25, -0.2) is 0 Å². The monoisotopic (exact) mass is 369 g/mol. The summed E-state index contributed by atoms with van der Waals surface area (Å²) in [5.74, 6) is 0.636. The molecule has 0 fully saturated rings. The standard InChI is InChI=1S/C19H22F3NOS/c1-13(2)25-23-12-14(3)24-16-10-8-15(9-11-16)17-6-4-5-7-18(17)19(20,21)22/h4-11,13-14,23H,12H2,1-3H3. The summed E-state index contributed by atoms with van der Waals surface area (Å²) in [6.07, 6.45) is -4.42. The Balaban J connectivity index is 2.06. The maximum absolute atomic E-state index is 13.1. The normalized spacial score (nSPS) is 13.1. The van der Waals surface area contributed by atoms with E-state index in [4.69, 9.17) is 4.74 Å². The van der Waals surface area contributed by atoms with E-state index in [1.165, 1.54) is 12.1 Å². The fourth-order valence-electron chi connectivity index (χ4n) is 2.30. The molecule has 0 aliphatic heterocycles. The van der Waals surface area contributed by atoms with E-state index in [9.17, 15) is 13.2 Å². The van der Waals surface area contributed by atoms with Crippen LogP contribution in [0.4, 0.5) is 13.2 Å². The van der Waals surface area contributed by atoms with Crippen molar-refractivity contribution in [1.29, 1.82) is 0 Å². The van der Waals surface area contributed by atoms with Crippen LogP contribution in [0.1, 0.15) is 26.3 Å². The minimum absolute atomic E-state index is 0.0421. The summed E-state index contributed by atoms with van der Waals surface area (Å²) in [5, 5.41) is 0.486. The van der Waals surface area contributed by atoms with Gasteiger partial charge in [0.05, 0.1) is 5.56 Å². The molecule has 0 spiro atoms. The first kappa shape index (κ1) is 19.7. The molecule has 136 valence electrons. The molecule has 2 aromatic carbocycles. The summed E-state index contributed by atoms with van der Waals surface area (Å²) in [5.41, 5.74) is 0.0537. The van der Waals surface area contributed by atoms with Crippen molar-refractivity contribution in [2.24, 2.45) is 0 Å². The summed E-state index contributed by atoms with van der Waals surface area (Å²) < 4.78 is 48.4. The largest absolute Gasteiger partial charge is 0.489 e. The molecule has 2 nitrogen and oxygen atoms in total. The Kier molecular flexibility index (Phi) is 6.79. The molecule has 0 heterocycles. The van der Waals surface area contributed by atoms with Crippen LogP contribution in [0, 0.1) is 0 Å². The first-order valence-electron chi connectivity index (χ1n) is 8.09.